The molecule has 0 radical (unpaired) electrons. The van der Waals surface area contributed by atoms with Crippen molar-refractivity contribution >= 4 is 0 Å². The molecule has 0 unspecified atom stereocenters. The zero-order valence-electron chi connectivity index (χ0n) is 19.1. The first-order valence-electron chi connectivity index (χ1n) is 11.7. The summed E-state index contributed by atoms with van der Waals surface area (Å²) in [6.45, 7) is 1.30. The number of alkyl halides is 6. The molecule has 1 saturated carbocycles. The van der Waals surface area contributed by atoms with Crippen molar-refractivity contribution in [2.75, 3.05) is 13.2 Å². The Bertz CT molecular complexity index is 987. The molecule has 35 heavy (non-hydrogen) atoms. The summed E-state index contributed by atoms with van der Waals surface area (Å²) in [6, 6.07) is 7.13. The van der Waals surface area contributed by atoms with E-state index in [0.717, 1.165) is 49.9 Å². The van der Waals surface area contributed by atoms with E-state index in [4.69, 9.17) is 4.74 Å². The van der Waals surface area contributed by atoms with Crippen LogP contribution in [-0.4, -0.2) is 30.1 Å². The van der Waals surface area contributed by atoms with E-state index < -0.39 is 18.1 Å². The molecule has 1 atom stereocenters. The Labute approximate surface area is 200 Å². The molecule has 1 aromatic heterocycles. The zero-order chi connectivity index (χ0) is 25.2. The lowest BCUT2D eigenvalue weighted by atomic mass is 9.66. The number of rotatable bonds is 7. The first-order chi connectivity index (χ1) is 16.5. The first-order valence-corrected chi connectivity index (χ1v) is 11.7. The number of nitrogens with one attached hydrogen (secondary N) is 1. The van der Waals surface area contributed by atoms with Crippen LogP contribution in [-0.2, 0) is 22.9 Å². The fraction of sp³-hybridized carbons (Fsp3) is 0.560. The number of aromatic nitrogens is 1. The Balaban J connectivity index is 1.48. The summed E-state index contributed by atoms with van der Waals surface area (Å²) in [6.07, 6.45) is -0.809. The number of hydrogen-bond acceptors (Lipinski definition) is 4. The lowest BCUT2D eigenvalue weighted by Crippen LogP contribution is -2.47. The zero-order valence-corrected chi connectivity index (χ0v) is 19.1. The molecule has 2 heterocycles. The highest BCUT2D eigenvalue weighted by molar-refractivity contribution is 5.34. The molecule has 1 N–H and O–H groups in total. The van der Waals surface area contributed by atoms with Crippen molar-refractivity contribution in [1.82, 2.24) is 10.3 Å². The predicted molar refractivity (Wildman–Crippen MR) is 117 cm³/mol. The van der Waals surface area contributed by atoms with E-state index in [0.29, 0.717) is 31.6 Å². The maximum absolute atomic E-state index is 13.0. The number of benzene rings is 1. The highest BCUT2D eigenvalue weighted by Crippen LogP contribution is 2.50. The van der Waals surface area contributed by atoms with E-state index in [1.165, 1.54) is 18.3 Å². The van der Waals surface area contributed by atoms with Crippen LogP contribution in [0.1, 0.15) is 61.6 Å². The van der Waals surface area contributed by atoms with Gasteiger partial charge in [0.15, 0.2) is 0 Å². The summed E-state index contributed by atoms with van der Waals surface area (Å²) >= 11 is 0. The summed E-state index contributed by atoms with van der Waals surface area (Å²) in [4.78, 5) is 3.69. The van der Waals surface area contributed by atoms with Gasteiger partial charge in [-0.3, -0.25) is 4.98 Å². The van der Waals surface area contributed by atoms with E-state index in [2.05, 4.69) is 15.0 Å². The summed E-state index contributed by atoms with van der Waals surface area (Å²) in [5.74, 6) is -0.269. The smallest absolute Gasteiger partial charge is 0.406 e. The van der Waals surface area contributed by atoms with Crippen molar-refractivity contribution < 1.29 is 35.8 Å². The quantitative estimate of drug-likeness (QED) is 0.345. The standard InChI is InChI=1S/C25H28F6N2O2/c26-24(27,28)20-13-18(15-33-16-20)14-32-11-9-22(10-12-34-23(17-22)7-1-2-8-23)19-3-5-21(6-4-19)35-25(29,30)31/h3-6,13,15-16,32H,1-2,7-12,14,17H2/t22-/m0/s1. The van der Waals surface area contributed by atoms with Crippen molar-refractivity contribution in [1.29, 1.82) is 0 Å². The van der Waals surface area contributed by atoms with Crippen LogP contribution in [0.5, 0.6) is 5.75 Å². The molecule has 1 aliphatic heterocycles. The number of hydrogen-bond donors (Lipinski definition) is 1. The number of halogens is 6. The van der Waals surface area contributed by atoms with Gasteiger partial charge in [0.05, 0.1) is 11.2 Å². The van der Waals surface area contributed by atoms with Crippen LogP contribution < -0.4 is 10.1 Å². The van der Waals surface area contributed by atoms with Gasteiger partial charge >= 0.3 is 12.5 Å². The molecule has 4 rings (SSSR count). The Morgan fingerprint density at radius 3 is 2.34 bits per heavy atom. The second-order valence-corrected chi connectivity index (χ2v) is 9.52. The molecule has 1 aromatic carbocycles. The average molecular weight is 502 g/mol. The van der Waals surface area contributed by atoms with E-state index in [1.807, 2.05) is 0 Å². The van der Waals surface area contributed by atoms with E-state index >= 15 is 0 Å². The van der Waals surface area contributed by atoms with Gasteiger partial charge in [0.25, 0.3) is 0 Å². The van der Waals surface area contributed by atoms with Crippen molar-refractivity contribution in [3.63, 3.8) is 0 Å². The fourth-order valence-corrected chi connectivity index (χ4v) is 5.47. The SMILES string of the molecule is FC(F)(F)Oc1ccc([C@@]2(CCNCc3cncc(C(F)(F)F)c3)CCOC3(CCCC3)C2)cc1. The largest absolute Gasteiger partial charge is 0.573 e. The van der Waals surface area contributed by atoms with E-state index in [1.54, 1.807) is 12.1 Å². The third-order valence-corrected chi connectivity index (χ3v) is 7.10. The third kappa shape index (κ3) is 6.46. The third-order valence-electron chi connectivity index (χ3n) is 7.10. The summed E-state index contributed by atoms with van der Waals surface area (Å²) < 4.78 is 86.9. The maximum atomic E-state index is 13.0. The lowest BCUT2D eigenvalue weighted by Gasteiger charge is -2.47. The van der Waals surface area contributed by atoms with Gasteiger partial charge in [-0.15, -0.1) is 13.2 Å². The predicted octanol–water partition coefficient (Wildman–Crippen LogP) is 6.54. The summed E-state index contributed by atoms with van der Waals surface area (Å²) in [5, 5.41) is 3.22. The summed E-state index contributed by atoms with van der Waals surface area (Å²) in [7, 11) is 0. The van der Waals surface area contributed by atoms with Crippen LogP contribution in [0.25, 0.3) is 0 Å². The van der Waals surface area contributed by atoms with E-state index in [9.17, 15) is 26.3 Å². The maximum Gasteiger partial charge on any atom is 0.573 e. The van der Waals surface area contributed by atoms with Gasteiger partial charge < -0.3 is 14.8 Å². The minimum absolute atomic E-state index is 0.229. The van der Waals surface area contributed by atoms with Gasteiger partial charge in [-0.25, -0.2) is 0 Å². The molecule has 192 valence electrons. The molecule has 1 aliphatic carbocycles. The van der Waals surface area contributed by atoms with Gasteiger partial charge in [0, 0.05) is 31.0 Å². The van der Waals surface area contributed by atoms with Crippen molar-refractivity contribution in [2.45, 2.75) is 75.0 Å². The van der Waals surface area contributed by atoms with Crippen LogP contribution in [0, 0.1) is 0 Å². The molecule has 2 aliphatic rings. The average Bonchev–Trinajstić information content (AvgIpc) is 3.23. The van der Waals surface area contributed by atoms with Crippen LogP contribution in [0.4, 0.5) is 26.3 Å². The topological polar surface area (TPSA) is 43.4 Å². The fourth-order valence-electron chi connectivity index (χ4n) is 5.47. The lowest BCUT2D eigenvalue weighted by molar-refractivity contribution is -0.274. The molecule has 2 aromatic rings. The number of pyridine rings is 1. The van der Waals surface area contributed by atoms with Crippen molar-refractivity contribution in [3.05, 3.63) is 59.4 Å². The molecule has 4 nitrogen and oxygen atoms in total. The summed E-state index contributed by atoms with van der Waals surface area (Å²) in [5.41, 5.74) is 0.0101. The Morgan fingerprint density at radius 2 is 1.69 bits per heavy atom. The normalized spacial score (nSPS) is 22.5. The first kappa shape index (κ1) is 25.8. The molecule has 10 heteroatoms. The van der Waals surface area contributed by atoms with Gasteiger partial charge in [-0.1, -0.05) is 25.0 Å². The van der Waals surface area contributed by atoms with Gasteiger partial charge in [0.2, 0.25) is 0 Å². The highest BCUT2D eigenvalue weighted by Gasteiger charge is 2.47. The molecule has 1 spiro atoms. The van der Waals surface area contributed by atoms with Gasteiger partial charge in [-0.2, -0.15) is 13.2 Å². The van der Waals surface area contributed by atoms with Crippen LogP contribution in [0.15, 0.2) is 42.7 Å². The Hall–Kier alpha value is -2.33. The Morgan fingerprint density at radius 1 is 0.971 bits per heavy atom. The molecule has 0 bridgehead atoms. The number of nitrogens with zero attached hydrogens (tertiary/aromatic N) is 1. The molecule has 2 fully saturated rings. The molecular formula is C25H28F6N2O2. The van der Waals surface area contributed by atoms with Crippen molar-refractivity contribution in [2.24, 2.45) is 0 Å². The minimum atomic E-state index is -4.76. The molecule has 1 saturated heterocycles. The monoisotopic (exact) mass is 502 g/mol. The van der Waals surface area contributed by atoms with Gasteiger partial charge in [-0.05, 0) is 68.0 Å². The van der Waals surface area contributed by atoms with Crippen LogP contribution >= 0.6 is 0 Å². The van der Waals surface area contributed by atoms with Crippen LogP contribution in [0.3, 0.4) is 0 Å². The van der Waals surface area contributed by atoms with Crippen molar-refractivity contribution in [3.8, 4) is 5.75 Å². The molecular weight excluding hydrogens is 474 g/mol. The van der Waals surface area contributed by atoms with E-state index in [-0.39, 0.29) is 23.3 Å². The number of ether oxygens (including phenoxy) is 2. The second-order valence-electron chi connectivity index (χ2n) is 9.52. The Kier molecular flexibility index (Phi) is 7.33. The van der Waals surface area contributed by atoms with Crippen LogP contribution in [0.2, 0.25) is 0 Å². The molecule has 0 amide bonds. The highest BCUT2D eigenvalue weighted by atomic mass is 19.4. The second kappa shape index (κ2) is 9.97. The minimum Gasteiger partial charge on any atom is -0.406 e. The van der Waals surface area contributed by atoms with Gasteiger partial charge in [0.1, 0.15) is 5.75 Å².